The number of carbonyl (C=O) groups is 2. The van der Waals surface area contributed by atoms with Gasteiger partial charge in [-0.2, -0.15) is 0 Å². The van der Waals surface area contributed by atoms with E-state index in [9.17, 15) is 9.59 Å². The van der Waals surface area contributed by atoms with E-state index in [2.05, 4.69) is 24.5 Å². The van der Waals surface area contributed by atoms with Crippen molar-refractivity contribution in [3.05, 3.63) is 29.8 Å². The fraction of sp³-hybridized carbons (Fsp3) is 0.429. The first kappa shape index (κ1) is 15.6. The first-order chi connectivity index (χ1) is 8.99. The third kappa shape index (κ3) is 6.29. The lowest BCUT2D eigenvalue weighted by molar-refractivity contribution is -0.118. The van der Waals surface area contributed by atoms with Crippen molar-refractivity contribution in [1.82, 2.24) is 10.6 Å². The van der Waals surface area contributed by atoms with Crippen LogP contribution in [0.1, 0.15) is 31.1 Å². The van der Waals surface area contributed by atoms with Gasteiger partial charge in [-0.05, 0) is 24.3 Å². The van der Waals surface area contributed by atoms with Crippen molar-refractivity contribution in [3.8, 4) is 0 Å². The molecule has 0 spiro atoms. The van der Waals surface area contributed by atoms with Gasteiger partial charge >= 0.3 is 0 Å². The zero-order valence-electron chi connectivity index (χ0n) is 11.5. The first-order valence-corrected chi connectivity index (χ1v) is 7.16. The Balaban J connectivity index is 2.42. The summed E-state index contributed by atoms with van der Waals surface area (Å²) in [5, 5.41) is 5.91. The van der Waals surface area contributed by atoms with Crippen molar-refractivity contribution in [2.24, 2.45) is 0 Å². The maximum Gasteiger partial charge on any atom is 0.251 e. The molecule has 2 amide bonds. The number of carbonyl (C=O) groups excluding carboxylic acids is 2. The van der Waals surface area contributed by atoms with Crippen molar-refractivity contribution >= 4 is 23.6 Å². The van der Waals surface area contributed by atoms with Gasteiger partial charge in [-0.1, -0.05) is 13.8 Å². The molecule has 1 rings (SSSR count). The van der Waals surface area contributed by atoms with Gasteiger partial charge in [0.1, 0.15) is 0 Å². The molecule has 1 aromatic rings. The van der Waals surface area contributed by atoms with Gasteiger partial charge in [-0.25, -0.2) is 0 Å². The number of amides is 2. The molecule has 0 radical (unpaired) electrons. The lowest BCUT2D eigenvalue weighted by atomic mass is 10.2. The highest BCUT2D eigenvalue weighted by atomic mass is 32.2. The Kier molecular flexibility index (Phi) is 6.42. The molecular weight excluding hydrogens is 260 g/mol. The second kappa shape index (κ2) is 7.84. The summed E-state index contributed by atoms with van der Waals surface area (Å²) in [7, 11) is 0. The largest absolute Gasteiger partial charge is 0.355 e. The van der Waals surface area contributed by atoms with E-state index in [1.807, 2.05) is 24.3 Å². The minimum Gasteiger partial charge on any atom is -0.355 e. The molecule has 0 saturated carbocycles. The highest BCUT2D eigenvalue weighted by molar-refractivity contribution is 7.99. The summed E-state index contributed by atoms with van der Waals surface area (Å²) in [6, 6.07) is 7.54. The Labute approximate surface area is 118 Å². The molecule has 1 aromatic carbocycles. The molecule has 4 nitrogen and oxygen atoms in total. The van der Waals surface area contributed by atoms with E-state index in [0.717, 1.165) is 4.90 Å². The fourth-order valence-electron chi connectivity index (χ4n) is 1.47. The summed E-state index contributed by atoms with van der Waals surface area (Å²) in [6.07, 6.45) is 0. The Morgan fingerprint density at radius 3 is 2.21 bits per heavy atom. The second-order valence-electron chi connectivity index (χ2n) is 4.43. The predicted octanol–water partition coefficient (Wildman–Crippen LogP) is 2.05. The lowest BCUT2D eigenvalue weighted by Crippen LogP contribution is -2.33. The van der Waals surface area contributed by atoms with Gasteiger partial charge < -0.3 is 10.6 Å². The molecule has 0 bridgehead atoms. The van der Waals surface area contributed by atoms with Crippen LogP contribution in [0.15, 0.2) is 29.2 Å². The maximum atomic E-state index is 11.8. The smallest absolute Gasteiger partial charge is 0.251 e. The zero-order chi connectivity index (χ0) is 14.3. The summed E-state index contributed by atoms with van der Waals surface area (Å²) in [5.41, 5.74) is 0.635. The maximum absolute atomic E-state index is 11.8. The predicted molar refractivity (Wildman–Crippen MR) is 78.5 cm³/mol. The van der Waals surface area contributed by atoms with Crippen molar-refractivity contribution in [1.29, 1.82) is 0 Å². The zero-order valence-corrected chi connectivity index (χ0v) is 12.3. The molecule has 104 valence electrons. The van der Waals surface area contributed by atoms with Crippen LogP contribution in [0, 0.1) is 0 Å². The molecule has 0 saturated heterocycles. The van der Waals surface area contributed by atoms with Gasteiger partial charge in [0.2, 0.25) is 5.91 Å². The van der Waals surface area contributed by atoms with E-state index >= 15 is 0 Å². The topological polar surface area (TPSA) is 58.2 Å². The van der Waals surface area contributed by atoms with E-state index < -0.39 is 0 Å². The van der Waals surface area contributed by atoms with Gasteiger partial charge in [-0.3, -0.25) is 9.59 Å². The number of hydrogen-bond donors (Lipinski definition) is 2. The summed E-state index contributed by atoms with van der Waals surface area (Å²) < 4.78 is 0. The Bertz CT molecular complexity index is 430. The van der Waals surface area contributed by atoms with Crippen molar-refractivity contribution < 1.29 is 9.59 Å². The standard InChI is InChI=1S/C14H20N2O2S/c1-10(2)19-13-6-4-12(5-7-13)14(18)16-9-8-15-11(3)17/h4-7,10H,8-9H2,1-3H3,(H,15,17)(H,16,18). The molecule has 2 N–H and O–H groups in total. The highest BCUT2D eigenvalue weighted by Crippen LogP contribution is 2.22. The van der Waals surface area contributed by atoms with Crippen LogP contribution in [0.25, 0.3) is 0 Å². The highest BCUT2D eigenvalue weighted by Gasteiger charge is 2.05. The molecule has 0 aliphatic carbocycles. The fourth-order valence-corrected chi connectivity index (χ4v) is 2.31. The van der Waals surface area contributed by atoms with Crippen LogP contribution >= 0.6 is 11.8 Å². The van der Waals surface area contributed by atoms with Crippen LogP contribution in [0.4, 0.5) is 0 Å². The van der Waals surface area contributed by atoms with E-state index in [1.54, 1.807) is 11.8 Å². The molecule has 0 aliphatic rings. The molecule has 0 atom stereocenters. The van der Waals surface area contributed by atoms with Crippen molar-refractivity contribution in [3.63, 3.8) is 0 Å². The quantitative estimate of drug-likeness (QED) is 0.619. The summed E-state index contributed by atoms with van der Waals surface area (Å²) in [6.45, 7) is 6.59. The summed E-state index contributed by atoms with van der Waals surface area (Å²) in [5.74, 6) is -0.212. The van der Waals surface area contributed by atoms with Crippen molar-refractivity contribution in [2.45, 2.75) is 30.9 Å². The van der Waals surface area contributed by atoms with E-state index in [-0.39, 0.29) is 11.8 Å². The molecule has 19 heavy (non-hydrogen) atoms. The van der Waals surface area contributed by atoms with Crippen LogP contribution < -0.4 is 10.6 Å². The van der Waals surface area contributed by atoms with Crippen LogP contribution in [-0.4, -0.2) is 30.2 Å². The number of hydrogen-bond acceptors (Lipinski definition) is 3. The first-order valence-electron chi connectivity index (χ1n) is 6.28. The average molecular weight is 280 g/mol. The van der Waals surface area contributed by atoms with E-state index in [1.165, 1.54) is 6.92 Å². The number of benzene rings is 1. The Morgan fingerprint density at radius 2 is 1.68 bits per heavy atom. The van der Waals surface area contributed by atoms with Gasteiger partial charge in [-0.15, -0.1) is 11.8 Å². The van der Waals surface area contributed by atoms with Crippen LogP contribution in [0.5, 0.6) is 0 Å². The summed E-state index contributed by atoms with van der Waals surface area (Å²) in [4.78, 5) is 23.6. The third-order valence-corrected chi connectivity index (χ3v) is 3.29. The third-order valence-electron chi connectivity index (χ3n) is 2.27. The number of nitrogens with one attached hydrogen (secondary N) is 2. The Hall–Kier alpha value is -1.49. The van der Waals surface area contributed by atoms with Crippen LogP contribution in [0.2, 0.25) is 0 Å². The van der Waals surface area contributed by atoms with Gasteiger partial charge in [0.15, 0.2) is 0 Å². The monoisotopic (exact) mass is 280 g/mol. The van der Waals surface area contributed by atoms with Gasteiger partial charge in [0.05, 0.1) is 0 Å². The molecule has 0 heterocycles. The molecular formula is C14H20N2O2S. The van der Waals surface area contributed by atoms with E-state index in [0.29, 0.717) is 23.9 Å². The summed E-state index contributed by atoms with van der Waals surface area (Å²) >= 11 is 1.76. The van der Waals surface area contributed by atoms with E-state index in [4.69, 9.17) is 0 Å². The average Bonchev–Trinajstić information content (AvgIpc) is 2.34. The molecule has 5 heteroatoms. The number of thioether (sulfide) groups is 1. The van der Waals surface area contributed by atoms with Crippen molar-refractivity contribution in [2.75, 3.05) is 13.1 Å². The lowest BCUT2D eigenvalue weighted by Gasteiger charge is -2.07. The van der Waals surface area contributed by atoms with Gasteiger partial charge in [0, 0.05) is 35.7 Å². The molecule has 0 unspecified atom stereocenters. The minimum absolute atomic E-state index is 0.0932. The molecule has 0 aliphatic heterocycles. The van der Waals surface area contributed by atoms with Crippen LogP contribution in [-0.2, 0) is 4.79 Å². The van der Waals surface area contributed by atoms with Crippen LogP contribution in [0.3, 0.4) is 0 Å². The Morgan fingerprint density at radius 1 is 1.11 bits per heavy atom. The minimum atomic E-state index is -0.119. The molecule has 0 fully saturated rings. The second-order valence-corrected chi connectivity index (χ2v) is 6.08. The molecule has 0 aromatic heterocycles. The normalized spacial score (nSPS) is 10.3. The van der Waals surface area contributed by atoms with Gasteiger partial charge in [0.25, 0.3) is 5.91 Å². The SMILES string of the molecule is CC(=O)NCCNC(=O)c1ccc(SC(C)C)cc1. The number of rotatable bonds is 6.